The van der Waals surface area contributed by atoms with Crippen LogP contribution in [0, 0.1) is 0 Å². The lowest BCUT2D eigenvalue weighted by molar-refractivity contribution is 1.34. The van der Waals surface area contributed by atoms with Gasteiger partial charge in [-0.1, -0.05) is 36.5 Å². The number of amidine groups is 1. The highest BCUT2D eigenvalue weighted by Gasteiger charge is 2.08. The van der Waals surface area contributed by atoms with E-state index in [0.29, 0.717) is 16.6 Å². The molecule has 0 unspecified atom stereocenters. The molecule has 0 aliphatic carbocycles. The molecule has 0 bridgehead atoms. The maximum Gasteiger partial charge on any atom is 0.183 e. The number of aliphatic imine (C=N–C) groups is 3. The molecule has 0 saturated heterocycles. The molecule has 0 heterocycles. The predicted molar refractivity (Wildman–Crippen MR) is 77.2 cm³/mol. The van der Waals surface area contributed by atoms with E-state index in [1.165, 1.54) is 11.8 Å². The van der Waals surface area contributed by atoms with Crippen LogP contribution in [0.5, 0.6) is 0 Å². The van der Waals surface area contributed by atoms with Crippen LogP contribution in [0.2, 0.25) is 0 Å². The molecule has 3 nitrogen and oxygen atoms in total. The quantitative estimate of drug-likeness (QED) is 0.563. The van der Waals surface area contributed by atoms with Crippen molar-refractivity contribution in [2.45, 2.75) is 13.8 Å². The van der Waals surface area contributed by atoms with Gasteiger partial charge in [-0.05, 0) is 25.7 Å². The van der Waals surface area contributed by atoms with E-state index < -0.39 is 0 Å². The third-order valence-electron chi connectivity index (χ3n) is 1.47. The molecule has 5 heteroatoms. The van der Waals surface area contributed by atoms with Crippen LogP contribution in [-0.4, -0.2) is 29.4 Å². The monoisotopic (exact) mass is 257 g/mol. The topological polar surface area (TPSA) is 37.1 Å². The van der Waals surface area contributed by atoms with Crippen LogP contribution in [0.25, 0.3) is 0 Å². The summed E-state index contributed by atoms with van der Waals surface area (Å²) in [5.74, 6) is 0. The fraction of sp³-hybridized carbons (Fsp3) is 0.364. The van der Waals surface area contributed by atoms with Gasteiger partial charge in [0.05, 0.1) is 0 Å². The molecule has 0 rings (SSSR count). The first-order valence-electron chi connectivity index (χ1n) is 4.57. The molecular formula is C11H16ClN3S. The van der Waals surface area contributed by atoms with Crippen molar-refractivity contribution in [2.75, 3.05) is 13.3 Å². The molecule has 0 aromatic rings. The van der Waals surface area contributed by atoms with Crippen LogP contribution in [-0.2, 0) is 0 Å². The molecule has 88 valence electrons. The van der Waals surface area contributed by atoms with E-state index in [4.69, 9.17) is 11.6 Å². The second kappa shape index (κ2) is 7.41. The van der Waals surface area contributed by atoms with Gasteiger partial charge in [0.25, 0.3) is 0 Å². The highest BCUT2D eigenvalue weighted by Crippen LogP contribution is 2.08. The van der Waals surface area contributed by atoms with Crippen molar-refractivity contribution >= 4 is 39.4 Å². The van der Waals surface area contributed by atoms with E-state index in [-0.39, 0.29) is 5.17 Å². The van der Waals surface area contributed by atoms with E-state index in [1.54, 1.807) is 14.0 Å². The fourth-order valence-corrected chi connectivity index (χ4v) is 1.53. The number of nitrogens with zero attached hydrogens (tertiary/aromatic N) is 3. The van der Waals surface area contributed by atoms with Gasteiger partial charge in [0.15, 0.2) is 10.3 Å². The first-order valence-corrected chi connectivity index (χ1v) is 6.18. The normalized spacial score (nSPS) is 13.9. The van der Waals surface area contributed by atoms with Gasteiger partial charge < -0.3 is 0 Å². The van der Waals surface area contributed by atoms with Crippen LogP contribution in [0.15, 0.2) is 39.4 Å². The minimum atomic E-state index is 0.287. The van der Waals surface area contributed by atoms with Crippen molar-refractivity contribution in [3.05, 3.63) is 24.4 Å². The van der Waals surface area contributed by atoms with Crippen molar-refractivity contribution in [1.82, 2.24) is 0 Å². The molecule has 0 fully saturated rings. The van der Waals surface area contributed by atoms with Crippen molar-refractivity contribution in [1.29, 1.82) is 0 Å². The number of thioether (sulfide) groups is 1. The fourth-order valence-electron chi connectivity index (χ4n) is 0.821. The summed E-state index contributed by atoms with van der Waals surface area (Å²) in [7, 11) is 1.68. The zero-order chi connectivity index (χ0) is 12.7. The zero-order valence-corrected chi connectivity index (χ0v) is 11.6. The van der Waals surface area contributed by atoms with Crippen molar-refractivity contribution in [3.63, 3.8) is 0 Å². The number of hydrogen-bond donors (Lipinski definition) is 0. The van der Waals surface area contributed by atoms with Crippen LogP contribution < -0.4 is 0 Å². The second-order valence-corrected chi connectivity index (χ2v) is 4.22. The van der Waals surface area contributed by atoms with E-state index >= 15 is 0 Å². The Bertz CT molecular complexity index is 381. The molecule has 0 aliphatic heterocycles. The Morgan fingerprint density at radius 2 is 1.75 bits per heavy atom. The molecule has 0 aromatic heterocycles. The summed E-state index contributed by atoms with van der Waals surface area (Å²) >= 11 is 7.47. The molecule has 0 radical (unpaired) electrons. The van der Waals surface area contributed by atoms with Gasteiger partial charge >= 0.3 is 0 Å². The first kappa shape index (κ1) is 15.1. The van der Waals surface area contributed by atoms with Gasteiger partial charge in [-0.3, -0.25) is 4.99 Å². The molecule has 0 aliphatic rings. The Balaban J connectivity index is 5.33. The highest BCUT2D eigenvalue weighted by molar-refractivity contribution is 8.13. The Kier molecular flexibility index (Phi) is 7.01. The molecule has 0 N–H and O–H groups in total. The van der Waals surface area contributed by atoms with Gasteiger partial charge in [0.2, 0.25) is 0 Å². The zero-order valence-electron chi connectivity index (χ0n) is 10.0. The molecule has 0 saturated carbocycles. The molecule has 0 amide bonds. The average molecular weight is 258 g/mol. The molecule has 0 aromatic carbocycles. The minimum Gasteiger partial charge on any atom is -0.264 e. The lowest BCUT2D eigenvalue weighted by Crippen LogP contribution is -2.11. The molecule has 0 atom stereocenters. The van der Waals surface area contributed by atoms with Gasteiger partial charge in [-0.2, -0.15) is 0 Å². The van der Waals surface area contributed by atoms with Gasteiger partial charge in [-0.15, -0.1) is 0 Å². The number of hydrogen-bond acceptors (Lipinski definition) is 3. The Labute approximate surface area is 106 Å². The summed E-state index contributed by atoms with van der Waals surface area (Å²) in [6.07, 6.45) is 1.89. The lowest BCUT2D eigenvalue weighted by Gasteiger charge is -2.04. The van der Waals surface area contributed by atoms with Crippen LogP contribution in [0.4, 0.5) is 0 Å². The first-order chi connectivity index (χ1) is 7.42. The highest BCUT2D eigenvalue weighted by atomic mass is 35.5. The van der Waals surface area contributed by atoms with E-state index in [0.717, 1.165) is 5.57 Å². The Hall–Kier alpha value is -0.870. The standard InChI is InChI=1S/C11H16ClN3S/c1-7(2)9(10(12)14-8(3)4)15-11(13-5)16-6/h1,3H2,2,4-6H3/b13-11?,14-10?,15-9+. The number of rotatable bonds is 3. The summed E-state index contributed by atoms with van der Waals surface area (Å²) in [5, 5.41) is 0.920. The summed E-state index contributed by atoms with van der Waals surface area (Å²) < 4.78 is 0. The maximum atomic E-state index is 6.03. The average Bonchev–Trinajstić information content (AvgIpc) is 2.17. The Morgan fingerprint density at radius 1 is 1.19 bits per heavy atom. The molecule has 0 spiro atoms. The number of halogens is 1. The largest absolute Gasteiger partial charge is 0.264 e. The SMILES string of the molecule is C=C(C)N=C(Cl)/C(=N/C(=NC)SC)C(=C)C. The van der Waals surface area contributed by atoms with Crippen molar-refractivity contribution in [3.8, 4) is 0 Å². The van der Waals surface area contributed by atoms with Crippen LogP contribution in [0.1, 0.15) is 13.8 Å². The second-order valence-electron chi connectivity index (χ2n) is 3.09. The maximum absolute atomic E-state index is 6.03. The molecule has 16 heavy (non-hydrogen) atoms. The lowest BCUT2D eigenvalue weighted by atomic mass is 10.2. The van der Waals surface area contributed by atoms with Crippen LogP contribution in [0.3, 0.4) is 0 Å². The van der Waals surface area contributed by atoms with Crippen molar-refractivity contribution < 1.29 is 0 Å². The van der Waals surface area contributed by atoms with Gasteiger partial charge in [-0.25, -0.2) is 9.98 Å². The van der Waals surface area contributed by atoms with E-state index in [2.05, 4.69) is 28.1 Å². The summed E-state index contributed by atoms with van der Waals surface area (Å²) in [6.45, 7) is 11.1. The third-order valence-corrected chi connectivity index (χ3v) is 2.37. The predicted octanol–water partition coefficient (Wildman–Crippen LogP) is 3.52. The summed E-state index contributed by atoms with van der Waals surface area (Å²) in [5.41, 5.74) is 1.91. The van der Waals surface area contributed by atoms with Crippen molar-refractivity contribution in [2.24, 2.45) is 15.0 Å². The summed E-state index contributed by atoms with van der Waals surface area (Å²) in [6, 6.07) is 0. The number of allylic oxidation sites excluding steroid dienone is 2. The minimum absolute atomic E-state index is 0.287. The Morgan fingerprint density at radius 3 is 2.06 bits per heavy atom. The summed E-state index contributed by atoms with van der Waals surface area (Å²) in [4.78, 5) is 12.3. The van der Waals surface area contributed by atoms with E-state index in [9.17, 15) is 0 Å². The molecular weight excluding hydrogens is 242 g/mol. The van der Waals surface area contributed by atoms with Crippen LogP contribution >= 0.6 is 23.4 Å². The van der Waals surface area contributed by atoms with E-state index in [1.807, 2.05) is 13.2 Å². The van der Waals surface area contributed by atoms with Gasteiger partial charge in [0.1, 0.15) is 5.71 Å². The smallest absolute Gasteiger partial charge is 0.183 e. The third kappa shape index (κ3) is 5.28. The van der Waals surface area contributed by atoms with Gasteiger partial charge in [0, 0.05) is 12.7 Å².